The van der Waals surface area contributed by atoms with Crippen molar-refractivity contribution in [1.29, 1.82) is 0 Å². The van der Waals surface area contributed by atoms with Crippen LogP contribution in [0.3, 0.4) is 0 Å². The lowest BCUT2D eigenvalue weighted by Crippen LogP contribution is -2.43. The van der Waals surface area contributed by atoms with Gasteiger partial charge in [0.15, 0.2) is 5.82 Å². The Kier molecular flexibility index (Phi) is 7.49. The molecule has 43 heavy (non-hydrogen) atoms. The molecule has 2 aromatic heterocycles. The zero-order valence-corrected chi connectivity index (χ0v) is 23.9. The number of carboxylic acids is 1. The van der Waals surface area contributed by atoms with Crippen LogP contribution in [0, 0.1) is 11.6 Å². The first kappa shape index (κ1) is 28.9. The van der Waals surface area contributed by atoms with Gasteiger partial charge in [-0.15, -0.1) is 0 Å². The lowest BCUT2D eigenvalue weighted by molar-refractivity contribution is -0.136. The van der Waals surface area contributed by atoms with Crippen molar-refractivity contribution in [3.05, 3.63) is 47.7 Å². The summed E-state index contributed by atoms with van der Waals surface area (Å²) in [4.78, 5) is 28.2. The van der Waals surface area contributed by atoms with Crippen LogP contribution in [0.2, 0.25) is 0 Å². The van der Waals surface area contributed by atoms with Crippen LogP contribution < -0.4 is 9.64 Å². The lowest BCUT2D eigenvalue weighted by atomic mass is 9.94. The molecule has 0 spiro atoms. The minimum absolute atomic E-state index is 0.0713. The van der Waals surface area contributed by atoms with E-state index in [9.17, 15) is 23.8 Å². The summed E-state index contributed by atoms with van der Waals surface area (Å²) in [6, 6.07) is 5.52. The van der Waals surface area contributed by atoms with E-state index in [1.54, 1.807) is 18.9 Å². The number of pyridine rings is 1. The highest BCUT2D eigenvalue weighted by atomic mass is 19.1. The van der Waals surface area contributed by atoms with Crippen LogP contribution in [0.4, 0.5) is 19.0 Å². The first-order valence-corrected chi connectivity index (χ1v) is 14.4. The average molecular weight is 596 g/mol. The van der Waals surface area contributed by atoms with Gasteiger partial charge >= 0.3 is 12.0 Å². The second-order valence-corrected chi connectivity index (χ2v) is 11.4. The predicted octanol–water partition coefficient (Wildman–Crippen LogP) is 5.26. The van der Waals surface area contributed by atoms with E-state index in [2.05, 4.69) is 19.9 Å². The summed E-state index contributed by atoms with van der Waals surface area (Å²) in [6.07, 6.45) is 2.56. The van der Waals surface area contributed by atoms with Crippen molar-refractivity contribution in [2.75, 3.05) is 38.2 Å². The van der Waals surface area contributed by atoms with E-state index >= 15 is 4.39 Å². The van der Waals surface area contributed by atoms with Gasteiger partial charge in [-0.2, -0.15) is 9.97 Å². The summed E-state index contributed by atoms with van der Waals surface area (Å²) in [5.41, 5.74) is -0.204. The van der Waals surface area contributed by atoms with Gasteiger partial charge in [-0.25, -0.2) is 13.2 Å². The van der Waals surface area contributed by atoms with E-state index in [0.717, 1.165) is 19.4 Å². The number of aromatic nitrogens is 3. The van der Waals surface area contributed by atoms with Gasteiger partial charge < -0.3 is 19.8 Å². The number of rotatable bonds is 9. The average Bonchev–Trinajstić information content (AvgIpc) is 3.50. The summed E-state index contributed by atoms with van der Waals surface area (Å²) in [5.74, 6) is -2.21. The normalized spacial score (nSPS) is 20.2. The molecule has 2 saturated heterocycles. The number of phenolic OH excluding ortho intramolecular Hbond substituents is 1. The summed E-state index contributed by atoms with van der Waals surface area (Å²) in [7, 11) is 1.63. The molecule has 2 fully saturated rings. The number of anilines is 1. The number of aromatic hydroxyl groups is 1. The molecule has 0 radical (unpaired) electrons. The molecule has 0 aliphatic carbocycles. The number of phenols is 1. The van der Waals surface area contributed by atoms with Gasteiger partial charge in [0.05, 0.1) is 17.3 Å². The van der Waals surface area contributed by atoms with Crippen LogP contribution in [0.5, 0.6) is 11.8 Å². The Morgan fingerprint density at radius 1 is 1.26 bits per heavy atom. The molecule has 4 heterocycles. The smallest absolute Gasteiger partial charge is 0.319 e. The fraction of sp³-hybridized carbons (Fsp3) is 0.419. The Morgan fingerprint density at radius 2 is 2.07 bits per heavy atom. The monoisotopic (exact) mass is 595 g/mol. The molecule has 0 bridgehead atoms. The quantitative estimate of drug-likeness (QED) is 0.268. The zero-order chi connectivity index (χ0) is 30.5. The third-order valence-corrected chi connectivity index (χ3v) is 8.66. The second-order valence-electron chi connectivity index (χ2n) is 11.4. The molecule has 4 aromatic rings. The van der Waals surface area contributed by atoms with Crippen LogP contribution in [0.15, 0.2) is 30.5 Å². The summed E-state index contributed by atoms with van der Waals surface area (Å²) >= 11 is 0. The Balaban J connectivity index is 1.49. The molecule has 2 aliphatic rings. The minimum atomic E-state index is -1.01. The van der Waals surface area contributed by atoms with Crippen LogP contribution in [-0.2, 0) is 11.2 Å². The van der Waals surface area contributed by atoms with Gasteiger partial charge in [0.25, 0.3) is 0 Å². The van der Waals surface area contributed by atoms with Gasteiger partial charge in [-0.05, 0) is 60.3 Å². The number of alkyl halides is 1. The number of hydrogen-bond donors (Lipinski definition) is 2. The van der Waals surface area contributed by atoms with Gasteiger partial charge in [0, 0.05) is 38.3 Å². The van der Waals surface area contributed by atoms with E-state index < -0.39 is 29.3 Å². The van der Waals surface area contributed by atoms with Crippen molar-refractivity contribution < 1.29 is 32.9 Å². The van der Waals surface area contributed by atoms with Gasteiger partial charge in [0.2, 0.25) is 0 Å². The molecule has 12 heteroatoms. The molecule has 9 nitrogen and oxygen atoms in total. The number of carboxylic acid groups (broad SMARTS) is 1. The van der Waals surface area contributed by atoms with Crippen molar-refractivity contribution >= 4 is 33.5 Å². The van der Waals surface area contributed by atoms with Crippen molar-refractivity contribution in [2.45, 2.75) is 50.7 Å². The van der Waals surface area contributed by atoms with Crippen LogP contribution in [0.1, 0.15) is 38.2 Å². The number of nitrogens with zero attached hydrogens (tertiary/aromatic N) is 5. The Morgan fingerprint density at radius 3 is 2.84 bits per heavy atom. The van der Waals surface area contributed by atoms with Crippen molar-refractivity contribution in [1.82, 2.24) is 19.9 Å². The SMILES string of the molecule is CCc1c(F)ccc2cc(O)cc(-c3ncc4c(N(C)CCC(=O)O)nc(OC[C@@]56CCCN5C[C@H](F)C6)nc4c3F)c12. The molecule has 0 amide bonds. The van der Waals surface area contributed by atoms with Crippen LogP contribution in [-0.4, -0.2) is 81.0 Å². The fourth-order valence-corrected chi connectivity index (χ4v) is 6.61. The van der Waals surface area contributed by atoms with E-state index in [1.165, 1.54) is 30.5 Å². The number of aryl methyl sites for hydroxylation is 1. The van der Waals surface area contributed by atoms with Gasteiger partial charge in [0.1, 0.15) is 41.4 Å². The fourth-order valence-electron chi connectivity index (χ4n) is 6.61. The molecular weight excluding hydrogens is 563 g/mol. The molecule has 2 N–H and O–H groups in total. The van der Waals surface area contributed by atoms with Crippen molar-refractivity contribution in [3.63, 3.8) is 0 Å². The molecule has 0 unspecified atom stereocenters. The van der Waals surface area contributed by atoms with E-state index in [-0.39, 0.29) is 59.3 Å². The summed E-state index contributed by atoms with van der Waals surface area (Å²) < 4.78 is 51.8. The number of benzene rings is 2. The Bertz CT molecular complexity index is 1740. The van der Waals surface area contributed by atoms with Crippen LogP contribution in [0.25, 0.3) is 32.9 Å². The van der Waals surface area contributed by atoms with E-state index in [0.29, 0.717) is 35.7 Å². The van der Waals surface area contributed by atoms with Crippen molar-refractivity contribution in [3.8, 4) is 23.0 Å². The Hall–Kier alpha value is -4.19. The highest BCUT2D eigenvalue weighted by Crippen LogP contribution is 2.41. The molecule has 6 rings (SSSR count). The minimum Gasteiger partial charge on any atom is -0.508 e. The van der Waals surface area contributed by atoms with E-state index in [1.807, 2.05) is 0 Å². The number of fused-ring (bicyclic) bond motifs is 3. The molecule has 0 saturated carbocycles. The second kappa shape index (κ2) is 11.1. The third kappa shape index (κ3) is 5.17. The highest BCUT2D eigenvalue weighted by molar-refractivity contribution is 6.01. The number of aliphatic carboxylic acids is 1. The molecular formula is C31H32F3N5O4. The first-order chi connectivity index (χ1) is 20.6. The third-order valence-electron chi connectivity index (χ3n) is 8.66. The zero-order valence-electron chi connectivity index (χ0n) is 23.9. The van der Waals surface area contributed by atoms with Crippen LogP contribution >= 0.6 is 0 Å². The topological polar surface area (TPSA) is 112 Å². The molecule has 226 valence electrons. The first-order valence-electron chi connectivity index (χ1n) is 14.4. The number of carbonyl (C=O) groups is 1. The summed E-state index contributed by atoms with van der Waals surface area (Å²) in [6.45, 7) is 3.09. The summed E-state index contributed by atoms with van der Waals surface area (Å²) in [5, 5.41) is 20.9. The maximum absolute atomic E-state index is 16.5. The Labute approximate surface area is 245 Å². The highest BCUT2D eigenvalue weighted by Gasteiger charge is 2.49. The maximum Gasteiger partial charge on any atom is 0.319 e. The number of ether oxygens (including phenoxy) is 1. The van der Waals surface area contributed by atoms with Gasteiger partial charge in [-0.1, -0.05) is 13.0 Å². The predicted molar refractivity (Wildman–Crippen MR) is 155 cm³/mol. The van der Waals surface area contributed by atoms with Gasteiger partial charge in [-0.3, -0.25) is 14.7 Å². The van der Waals surface area contributed by atoms with Crippen molar-refractivity contribution in [2.24, 2.45) is 0 Å². The maximum atomic E-state index is 16.5. The molecule has 2 aromatic carbocycles. The number of halogens is 3. The number of hydrogen-bond acceptors (Lipinski definition) is 8. The molecule has 2 atom stereocenters. The standard InChI is InChI=1S/C31H32F3N5O4/c1-3-20-23(33)6-5-17-11-19(40)12-21(25(17)20)27-26(34)28-22(14-35-27)29(38(2)10-7-24(41)42)37-30(36-28)43-16-31-8-4-9-39(31)15-18(32)13-31/h5-6,11-12,14,18,40H,3-4,7-10,13,15-16H2,1-2H3,(H,41,42)/t18-,31+/m1/s1. The largest absolute Gasteiger partial charge is 0.508 e. The van der Waals surface area contributed by atoms with E-state index in [4.69, 9.17) is 4.74 Å². The lowest BCUT2D eigenvalue weighted by Gasteiger charge is -2.31. The molecule has 2 aliphatic heterocycles.